The van der Waals surface area contributed by atoms with Crippen LogP contribution in [0.25, 0.3) is 10.8 Å². The van der Waals surface area contributed by atoms with Crippen LogP contribution in [0.2, 0.25) is 0 Å². The first-order valence-corrected chi connectivity index (χ1v) is 11.2. The number of rotatable bonds is 6. The van der Waals surface area contributed by atoms with E-state index in [4.69, 9.17) is 11.6 Å². The first kappa shape index (κ1) is 20.0. The van der Waals surface area contributed by atoms with Crippen LogP contribution in [-0.2, 0) is 12.8 Å². The molecule has 3 nitrogen and oxygen atoms in total. The molecule has 2 unspecified atom stereocenters. The number of hydrogen-bond donors (Lipinski definition) is 1. The van der Waals surface area contributed by atoms with Gasteiger partial charge in [-0.2, -0.15) is 0 Å². The molecule has 0 fully saturated rings. The molecule has 1 N–H and O–H groups in total. The summed E-state index contributed by atoms with van der Waals surface area (Å²) in [7, 11) is 0. The highest BCUT2D eigenvalue weighted by molar-refractivity contribution is 6.21. The molecule has 4 rings (SSSR count). The van der Waals surface area contributed by atoms with Crippen LogP contribution in [-0.4, -0.2) is 28.9 Å². The Labute approximate surface area is 178 Å². The van der Waals surface area contributed by atoms with Gasteiger partial charge in [0.1, 0.15) is 5.50 Å². The molecule has 152 valence electrons. The molecule has 2 atom stereocenters. The van der Waals surface area contributed by atoms with Crippen molar-refractivity contribution in [2.75, 3.05) is 6.54 Å². The molecule has 1 amide bonds. The molecule has 2 aromatic carbocycles. The van der Waals surface area contributed by atoms with E-state index < -0.39 is 0 Å². The summed E-state index contributed by atoms with van der Waals surface area (Å²) >= 11 is 6.09. The summed E-state index contributed by atoms with van der Waals surface area (Å²) in [6.07, 6.45) is 10.9. The predicted octanol–water partition coefficient (Wildman–Crippen LogP) is 5.57. The second-order valence-electron chi connectivity index (χ2n) is 8.03. The van der Waals surface area contributed by atoms with Gasteiger partial charge in [-0.05, 0) is 65.3 Å². The molecule has 0 radical (unpaired) electrons. The lowest BCUT2D eigenvalue weighted by Crippen LogP contribution is -2.44. The fraction of sp³-hybridized carbons (Fsp3) is 0.400. The maximum atomic E-state index is 13.5. The van der Waals surface area contributed by atoms with E-state index in [0.29, 0.717) is 6.04 Å². The SMILES string of the molecule is CCCC(CC)N1CCc2c(cc(CC3=CNC(Cl)C=C3)c3ccccc23)C1=O. The smallest absolute Gasteiger partial charge is 0.254 e. The average Bonchev–Trinajstić information content (AvgIpc) is 2.75. The minimum Gasteiger partial charge on any atom is -0.372 e. The van der Waals surface area contributed by atoms with Gasteiger partial charge < -0.3 is 10.2 Å². The number of allylic oxidation sites excluding steroid dienone is 2. The van der Waals surface area contributed by atoms with Crippen LogP contribution in [0.3, 0.4) is 0 Å². The molecular weight excluding hydrogens is 380 g/mol. The van der Waals surface area contributed by atoms with Gasteiger partial charge in [0.15, 0.2) is 0 Å². The zero-order chi connectivity index (χ0) is 20.4. The number of amides is 1. The Morgan fingerprint density at radius 2 is 2.03 bits per heavy atom. The molecule has 2 aliphatic rings. The number of carbonyl (C=O) groups is 1. The van der Waals surface area contributed by atoms with Crippen LogP contribution in [0.15, 0.2) is 54.3 Å². The lowest BCUT2D eigenvalue weighted by Gasteiger charge is -2.36. The minimum absolute atomic E-state index is 0.154. The summed E-state index contributed by atoms with van der Waals surface area (Å²) in [4.78, 5) is 15.6. The van der Waals surface area contributed by atoms with Crippen molar-refractivity contribution in [1.29, 1.82) is 0 Å². The molecule has 0 saturated carbocycles. The van der Waals surface area contributed by atoms with Gasteiger partial charge in [-0.15, -0.1) is 0 Å². The van der Waals surface area contributed by atoms with Crippen LogP contribution in [0.4, 0.5) is 0 Å². The fourth-order valence-corrected chi connectivity index (χ4v) is 4.83. The lowest BCUT2D eigenvalue weighted by atomic mass is 9.87. The van der Waals surface area contributed by atoms with E-state index in [9.17, 15) is 4.79 Å². The molecule has 0 aromatic heterocycles. The summed E-state index contributed by atoms with van der Waals surface area (Å²) in [6, 6.07) is 11.0. The van der Waals surface area contributed by atoms with Gasteiger partial charge in [0.2, 0.25) is 0 Å². The summed E-state index contributed by atoms with van der Waals surface area (Å²) in [5, 5.41) is 5.62. The number of halogens is 1. The zero-order valence-electron chi connectivity index (χ0n) is 17.2. The third-order valence-corrected chi connectivity index (χ3v) is 6.44. The van der Waals surface area contributed by atoms with Gasteiger partial charge in [0, 0.05) is 24.4 Å². The van der Waals surface area contributed by atoms with E-state index in [1.807, 2.05) is 12.3 Å². The first-order valence-electron chi connectivity index (χ1n) is 10.7. The highest BCUT2D eigenvalue weighted by atomic mass is 35.5. The number of benzene rings is 2. The van der Waals surface area contributed by atoms with Crippen molar-refractivity contribution in [3.05, 3.63) is 70.9 Å². The van der Waals surface area contributed by atoms with E-state index in [2.05, 4.69) is 60.5 Å². The molecule has 2 heterocycles. The third-order valence-electron chi connectivity index (χ3n) is 6.17. The molecule has 4 heteroatoms. The van der Waals surface area contributed by atoms with Gasteiger partial charge in [0.05, 0.1) is 0 Å². The van der Waals surface area contributed by atoms with Crippen LogP contribution in [0.1, 0.15) is 54.6 Å². The maximum Gasteiger partial charge on any atom is 0.254 e. The second kappa shape index (κ2) is 8.62. The monoisotopic (exact) mass is 408 g/mol. The van der Waals surface area contributed by atoms with Gasteiger partial charge in [0.25, 0.3) is 5.91 Å². The Hall–Kier alpha value is -2.26. The molecular formula is C25H29ClN2O. The third kappa shape index (κ3) is 3.93. The van der Waals surface area contributed by atoms with Crippen LogP contribution in [0, 0.1) is 0 Å². The minimum atomic E-state index is -0.154. The Kier molecular flexibility index (Phi) is 5.96. The number of nitrogens with zero attached hydrogens (tertiary/aromatic N) is 1. The standard InChI is InChI=1S/C25H29ClN2O/c1-3-7-19(4-2)28-13-12-22-21-9-6-5-8-20(21)18(15-23(22)25(28)29)14-17-10-11-24(26)27-16-17/h5-6,8-11,15-16,19,24,27H,3-4,7,12-14H2,1-2H3. The lowest BCUT2D eigenvalue weighted by molar-refractivity contribution is 0.0644. The van der Waals surface area contributed by atoms with Crippen LogP contribution < -0.4 is 5.32 Å². The molecule has 2 aliphatic heterocycles. The van der Waals surface area contributed by atoms with Crippen molar-refractivity contribution in [2.24, 2.45) is 0 Å². The highest BCUT2D eigenvalue weighted by Crippen LogP contribution is 2.33. The normalized spacial score (nSPS) is 19.7. The molecule has 0 aliphatic carbocycles. The Balaban J connectivity index is 1.75. The van der Waals surface area contributed by atoms with Gasteiger partial charge in [-0.1, -0.05) is 62.2 Å². The Bertz CT molecular complexity index is 978. The highest BCUT2D eigenvalue weighted by Gasteiger charge is 2.30. The summed E-state index contributed by atoms with van der Waals surface area (Å²) in [5.41, 5.74) is 4.32. The number of hydrogen-bond acceptors (Lipinski definition) is 2. The summed E-state index contributed by atoms with van der Waals surface area (Å²) in [6.45, 7) is 5.21. The molecule has 29 heavy (non-hydrogen) atoms. The van der Waals surface area contributed by atoms with Crippen molar-refractivity contribution in [2.45, 2.75) is 57.5 Å². The van der Waals surface area contributed by atoms with Crippen molar-refractivity contribution in [3.8, 4) is 0 Å². The number of fused-ring (bicyclic) bond motifs is 3. The van der Waals surface area contributed by atoms with Gasteiger partial charge >= 0.3 is 0 Å². The quantitative estimate of drug-likeness (QED) is 0.500. The van der Waals surface area contributed by atoms with E-state index >= 15 is 0 Å². The molecule has 0 spiro atoms. The number of carbonyl (C=O) groups excluding carboxylic acids is 1. The van der Waals surface area contributed by atoms with Crippen molar-refractivity contribution >= 4 is 28.3 Å². The summed E-state index contributed by atoms with van der Waals surface area (Å²) < 4.78 is 0. The number of alkyl halides is 1. The fourth-order valence-electron chi connectivity index (χ4n) is 4.70. The van der Waals surface area contributed by atoms with Crippen LogP contribution >= 0.6 is 11.6 Å². The largest absolute Gasteiger partial charge is 0.372 e. The van der Waals surface area contributed by atoms with Crippen molar-refractivity contribution in [3.63, 3.8) is 0 Å². The number of nitrogens with one attached hydrogen (secondary N) is 1. The first-order chi connectivity index (χ1) is 14.1. The average molecular weight is 409 g/mol. The van der Waals surface area contributed by atoms with E-state index in [1.54, 1.807) is 0 Å². The Morgan fingerprint density at radius 1 is 1.24 bits per heavy atom. The van der Waals surface area contributed by atoms with E-state index in [-0.39, 0.29) is 11.4 Å². The van der Waals surface area contributed by atoms with E-state index in [1.165, 1.54) is 27.5 Å². The predicted molar refractivity (Wildman–Crippen MR) is 121 cm³/mol. The van der Waals surface area contributed by atoms with Crippen molar-refractivity contribution < 1.29 is 4.79 Å². The zero-order valence-corrected chi connectivity index (χ0v) is 18.0. The van der Waals surface area contributed by atoms with Gasteiger partial charge in [-0.25, -0.2) is 0 Å². The van der Waals surface area contributed by atoms with E-state index in [0.717, 1.165) is 44.2 Å². The second-order valence-corrected chi connectivity index (χ2v) is 8.50. The topological polar surface area (TPSA) is 32.3 Å². The summed E-state index contributed by atoms with van der Waals surface area (Å²) in [5.74, 6) is 0.200. The number of dihydropyridines is 1. The maximum absolute atomic E-state index is 13.5. The molecule has 2 aromatic rings. The molecule has 0 saturated heterocycles. The van der Waals surface area contributed by atoms with Crippen molar-refractivity contribution in [1.82, 2.24) is 10.2 Å². The van der Waals surface area contributed by atoms with Gasteiger partial charge in [-0.3, -0.25) is 4.79 Å². The molecule has 0 bridgehead atoms. The Morgan fingerprint density at radius 3 is 2.72 bits per heavy atom. The van der Waals surface area contributed by atoms with Crippen LogP contribution in [0.5, 0.6) is 0 Å².